The molecule has 41 heavy (non-hydrogen) atoms. The van der Waals surface area contributed by atoms with Crippen LogP contribution >= 0.6 is 11.8 Å². The van der Waals surface area contributed by atoms with Gasteiger partial charge in [-0.2, -0.15) is 0 Å². The van der Waals surface area contributed by atoms with E-state index in [-0.39, 0.29) is 53.9 Å². The zero-order valence-electron chi connectivity index (χ0n) is 25.2. The third-order valence-corrected chi connectivity index (χ3v) is 12.0. The van der Waals surface area contributed by atoms with Crippen LogP contribution in [0.4, 0.5) is 0 Å². The molecule has 228 valence electrons. The summed E-state index contributed by atoms with van der Waals surface area (Å²) < 4.78 is 6.37. The maximum atomic E-state index is 13.6. The minimum Gasteiger partial charge on any atom is -0.461 e. The molecule has 7 nitrogen and oxygen atoms in total. The molecule has 0 aliphatic heterocycles. The molecule has 3 N–H and O–H groups in total. The van der Waals surface area contributed by atoms with Crippen LogP contribution in [0.5, 0.6) is 0 Å². The van der Waals surface area contributed by atoms with E-state index in [1.165, 1.54) is 11.8 Å². The first-order valence-corrected chi connectivity index (χ1v) is 16.1. The molecule has 0 radical (unpaired) electrons. The number of Topliss-reactive ketones (excluding diaryl/α,β-unsaturated/α-hetero) is 1. The van der Waals surface area contributed by atoms with E-state index in [1.54, 1.807) is 0 Å². The van der Waals surface area contributed by atoms with Gasteiger partial charge in [-0.3, -0.25) is 14.5 Å². The zero-order chi connectivity index (χ0) is 30.0. The van der Waals surface area contributed by atoms with Crippen molar-refractivity contribution in [3.05, 3.63) is 42.5 Å². The highest BCUT2D eigenvalue weighted by Crippen LogP contribution is 2.68. The molecular formula is C33H49NO6S. The maximum Gasteiger partial charge on any atom is 0.316 e. The standard InChI is InChI=1S/C33H49NO6S/c1-6-31(4)19-27(32(5)22(2)10-12-33(23(3)30(31)39)13-11-26(37)29(32)33)40-28(38)21-41-25-9-7-8-24(18-25)20-34(14-16-35)15-17-36/h6-9,18,22-23,27,29-30,35-36,39H,1,10-17,19-21H2,2-5H3/t22?,23-,27+,29?,30-,31+,32-,33?/m0/s1. The normalized spacial score (nSPS) is 36.9. The first kappa shape index (κ1) is 32.2. The van der Waals surface area contributed by atoms with Gasteiger partial charge in [0.1, 0.15) is 11.9 Å². The lowest BCUT2D eigenvalue weighted by Crippen LogP contribution is -2.63. The molecule has 0 aromatic heterocycles. The Bertz CT molecular complexity index is 1110. The molecule has 3 aliphatic carbocycles. The minimum absolute atomic E-state index is 0.0212. The van der Waals surface area contributed by atoms with Crippen molar-refractivity contribution in [2.45, 2.75) is 83.4 Å². The van der Waals surface area contributed by atoms with E-state index in [0.29, 0.717) is 32.5 Å². The van der Waals surface area contributed by atoms with Gasteiger partial charge in [-0.25, -0.2) is 0 Å². The lowest BCUT2D eigenvalue weighted by atomic mass is 9.44. The first-order chi connectivity index (χ1) is 19.4. The van der Waals surface area contributed by atoms with Gasteiger partial charge in [0, 0.05) is 47.7 Å². The van der Waals surface area contributed by atoms with Gasteiger partial charge in [-0.05, 0) is 60.6 Å². The fourth-order valence-corrected chi connectivity index (χ4v) is 9.14. The molecule has 1 aromatic rings. The van der Waals surface area contributed by atoms with Gasteiger partial charge in [0.25, 0.3) is 0 Å². The molecule has 0 amide bonds. The summed E-state index contributed by atoms with van der Waals surface area (Å²) in [6, 6.07) is 7.93. The number of benzene rings is 1. The molecule has 4 rings (SSSR count). The van der Waals surface area contributed by atoms with Crippen LogP contribution in [0.3, 0.4) is 0 Å². The fraction of sp³-hybridized carbons (Fsp3) is 0.697. The highest BCUT2D eigenvalue weighted by Gasteiger charge is 2.68. The van der Waals surface area contributed by atoms with Crippen LogP contribution in [0, 0.1) is 34.0 Å². The number of carbonyl (C=O) groups is 2. The van der Waals surface area contributed by atoms with Crippen LogP contribution in [0.25, 0.3) is 0 Å². The number of thioether (sulfide) groups is 1. The highest BCUT2D eigenvalue weighted by molar-refractivity contribution is 8.00. The summed E-state index contributed by atoms with van der Waals surface area (Å²) in [6.45, 7) is 14.2. The van der Waals surface area contributed by atoms with Crippen molar-refractivity contribution in [2.24, 2.45) is 34.0 Å². The van der Waals surface area contributed by atoms with Crippen molar-refractivity contribution < 1.29 is 29.6 Å². The van der Waals surface area contributed by atoms with E-state index in [9.17, 15) is 24.9 Å². The second-order valence-electron chi connectivity index (χ2n) is 13.2. The van der Waals surface area contributed by atoms with Gasteiger partial charge in [0.15, 0.2) is 0 Å². The zero-order valence-corrected chi connectivity index (χ0v) is 26.0. The summed E-state index contributed by atoms with van der Waals surface area (Å²) in [5, 5.41) is 30.3. The summed E-state index contributed by atoms with van der Waals surface area (Å²) in [4.78, 5) is 30.0. The van der Waals surface area contributed by atoms with Crippen molar-refractivity contribution in [1.29, 1.82) is 0 Å². The number of carbonyl (C=O) groups excluding carboxylic acids is 2. The summed E-state index contributed by atoms with van der Waals surface area (Å²) in [5.41, 5.74) is -0.423. The van der Waals surface area contributed by atoms with Crippen LogP contribution in [-0.2, 0) is 20.9 Å². The molecule has 0 saturated heterocycles. The Hall–Kier alpha value is -1.71. The van der Waals surface area contributed by atoms with Gasteiger partial charge < -0.3 is 20.1 Å². The Morgan fingerprint density at radius 3 is 2.56 bits per heavy atom. The molecule has 2 bridgehead atoms. The predicted molar refractivity (Wildman–Crippen MR) is 161 cm³/mol. The van der Waals surface area contributed by atoms with Gasteiger partial charge >= 0.3 is 5.97 Å². The third-order valence-electron chi connectivity index (χ3n) is 11.1. The van der Waals surface area contributed by atoms with Crippen molar-refractivity contribution in [3.8, 4) is 0 Å². The van der Waals surface area contributed by atoms with Crippen molar-refractivity contribution in [1.82, 2.24) is 4.90 Å². The van der Waals surface area contributed by atoms with Crippen LogP contribution in [0.2, 0.25) is 0 Å². The molecule has 3 unspecified atom stereocenters. The van der Waals surface area contributed by atoms with Crippen LogP contribution in [0.15, 0.2) is 41.8 Å². The number of nitrogens with zero attached hydrogens (tertiary/aromatic N) is 1. The summed E-state index contributed by atoms with van der Waals surface area (Å²) >= 11 is 1.41. The van der Waals surface area contributed by atoms with E-state index < -0.39 is 23.0 Å². The lowest BCUT2D eigenvalue weighted by molar-refractivity contribution is -0.205. The monoisotopic (exact) mass is 587 g/mol. The van der Waals surface area contributed by atoms with Gasteiger partial charge in [-0.15, -0.1) is 18.3 Å². The number of hydrogen-bond donors (Lipinski definition) is 3. The number of ketones is 1. The van der Waals surface area contributed by atoms with E-state index in [4.69, 9.17) is 4.74 Å². The Balaban J connectivity index is 1.55. The molecule has 8 atom stereocenters. The second kappa shape index (κ2) is 12.9. The number of esters is 1. The van der Waals surface area contributed by atoms with Crippen molar-refractivity contribution >= 4 is 23.5 Å². The van der Waals surface area contributed by atoms with Crippen LogP contribution in [0.1, 0.15) is 65.4 Å². The number of aliphatic hydroxyl groups excluding tert-OH is 3. The smallest absolute Gasteiger partial charge is 0.316 e. The molecule has 8 heteroatoms. The second-order valence-corrected chi connectivity index (χ2v) is 14.3. The average Bonchev–Trinajstić information content (AvgIpc) is 3.31. The van der Waals surface area contributed by atoms with Crippen LogP contribution in [-0.4, -0.2) is 76.2 Å². The molecular weight excluding hydrogens is 538 g/mol. The minimum atomic E-state index is -0.680. The Kier molecular flexibility index (Phi) is 10.1. The number of aliphatic hydroxyl groups is 3. The first-order valence-electron chi connectivity index (χ1n) is 15.1. The quantitative estimate of drug-likeness (QED) is 0.198. The van der Waals surface area contributed by atoms with Crippen molar-refractivity contribution in [3.63, 3.8) is 0 Å². The van der Waals surface area contributed by atoms with E-state index >= 15 is 0 Å². The lowest BCUT2D eigenvalue weighted by Gasteiger charge is -2.61. The average molecular weight is 588 g/mol. The summed E-state index contributed by atoms with van der Waals surface area (Å²) in [6.07, 6.45) is 4.22. The fourth-order valence-electron chi connectivity index (χ4n) is 8.38. The molecule has 0 heterocycles. The molecule has 3 fully saturated rings. The number of rotatable bonds is 11. The summed E-state index contributed by atoms with van der Waals surface area (Å²) in [7, 11) is 0. The highest BCUT2D eigenvalue weighted by atomic mass is 32.2. The molecule has 0 spiro atoms. The predicted octanol–water partition coefficient (Wildman–Crippen LogP) is 4.47. The van der Waals surface area contributed by atoms with Gasteiger partial charge in [0.2, 0.25) is 0 Å². The third kappa shape index (κ3) is 6.05. The van der Waals surface area contributed by atoms with E-state index in [0.717, 1.165) is 29.7 Å². The van der Waals surface area contributed by atoms with Gasteiger partial charge in [0.05, 0.1) is 25.1 Å². The SMILES string of the molecule is C=C[C@]1(C)C[C@@H](OC(=O)CSc2cccc(CN(CCO)CCO)c2)[C@]2(C)C(C)CCC3(CCC(=O)C32)[C@@H](C)[C@@H]1O. The number of hydrogen-bond acceptors (Lipinski definition) is 8. The molecule has 1 aromatic carbocycles. The molecule has 3 aliphatic rings. The van der Waals surface area contributed by atoms with Crippen molar-refractivity contribution in [2.75, 3.05) is 32.1 Å². The van der Waals surface area contributed by atoms with E-state index in [2.05, 4.69) is 27.4 Å². The number of ether oxygens (including phenoxy) is 1. The summed E-state index contributed by atoms with van der Waals surface area (Å²) in [5.74, 6) is -0.0302. The Labute approximate surface area is 249 Å². The topological polar surface area (TPSA) is 107 Å². The maximum absolute atomic E-state index is 13.6. The van der Waals surface area contributed by atoms with E-state index in [1.807, 2.05) is 42.2 Å². The largest absolute Gasteiger partial charge is 0.461 e. The van der Waals surface area contributed by atoms with Gasteiger partial charge in [-0.1, -0.05) is 45.9 Å². The molecule has 3 saturated carbocycles. The van der Waals surface area contributed by atoms with Crippen LogP contribution < -0.4 is 0 Å². The Morgan fingerprint density at radius 1 is 1.20 bits per heavy atom. The Morgan fingerprint density at radius 2 is 1.90 bits per heavy atom.